The minimum Gasteiger partial charge on any atom is -0.314 e. The molecule has 6 heteroatoms. The van der Waals surface area contributed by atoms with E-state index in [4.69, 9.17) is 0 Å². The molecule has 21 heavy (non-hydrogen) atoms. The normalized spacial score (nSPS) is 21.5. The number of halogens is 4. The lowest BCUT2D eigenvalue weighted by Crippen LogP contribution is -2.47. The summed E-state index contributed by atoms with van der Waals surface area (Å²) in [6, 6.07) is 2.35. The van der Waals surface area contributed by atoms with Crippen molar-refractivity contribution in [2.45, 2.75) is 25.3 Å². The zero-order valence-corrected chi connectivity index (χ0v) is 12.6. The van der Waals surface area contributed by atoms with Gasteiger partial charge in [0, 0.05) is 32.2 Å². The summed E-state index contributed by atoms with van der Waals surface area (Å²) < 4.78 is 40.2. The maximum Gasteiger partial charge on any atom is 0.194 e. The topological polar surface area (TPSA) is 15.3 Å². The zero-order chi connectivity index (χ0) is 14.1. The Kier molecular flexibility index (Phi) is 5.52. The van der Waals surface area contributed by atoms with Crippen LogP contribution in [0.1, 0.15) is 30.9 Å². The highest BCUT2D eigenvalue weighted by molar-refractivity contribution is 5.85. The minimum absolute atomic E-state index is 0. The molecule has 0 aromatic heterocycles. The van der Waals surface area contributed by atoms with E-state index in [9.17, 15) is 13.2 Å². The van der Waals surface area contributed by atoms with Gasteiger partial charge in [-0.2, -0.15) is 0 Å². The fourth-order valence-corrected chi connectivity index (χ4v) is 3.24. The van der Waals surface area contributed by atoms with Gasteiger partial charge in [-0.1, -0.05) is 6.42 Å². The fourth-order valence-electron chi connectivity index (χ4n) is 3.24. The molecule has 118 valence electrons. The third-order valence-corrected chi connectivity index (χ3v) is 4.49. The first-order valence-electron chi connectivity index (χ1n) is 7.26. The number of rotatable bonds is 3. The van der Waals surface area contributed by atoms with Gasteiger partial charge < -0.3 is 5.32 Å². The minimum atomic E-state index is -1.37. The molecule has 1 N–H and O–H groups in total. The summed E-state index contributed by atoms with van der Waals surface area (Å²) in [6.07, 6.45) is 3.32. The Bertz CT molecular complexity index is 465. The second kappa shape index (κ2) is 6.99. The van der Waals surface area contributed by atoms with Crippen LogP contribution in [0.15, 0.2) is 12.1 Å². The second-order valence-corrected chi connectivity index (χ2v) is 5.72. The monoisotopic (exact) mass is 320 g/mol. The smallest absolute Gasteiger partial charge is 0.194 e. The summed E-state index contributed by atoms with van der Waals surface area (Å²) in [5, 5.41) is 3.28. The van der Waals surface area contributed by atoms with Gasteiger partial charge in [0.05, 0.1) is 0 Å². The molecular weight excluding hydrogens is 301 g/mol. The van der Waals surface area contributed by atoms with Crippen LogP contribution in [0.3, 0.4) is 0 Å². The molecule has 0 spiro atoms. The van der Waals surface area contributed by atoms with Crippen LogP contribution in [0, 0.1) is 23.4 Å². The van der Waals surface area contributed by atoms with Gasteiger partial charge in [0.15, 0.2) is 17.5 Å². The predicted octanol–water partition coefficient (Wildman–Crippen LogP) is 3.27. The third kappa shape index (κ3) is 3.35. The summed E-state index contributed by atoms with van der Waals surface area (Å²) in [5.41, 5.74) is 0.577. The summed E-state index contributed by atoms with van der Waals surface area (Å²) >= 11 is 0. The molecule has 1 saturated heterocycles. The average Bonchev–Trinajstić information content (AvgIpc) is 2.40. The maximum atomic E-state index is 13.5. The van der Waals surface area contributed by atoms with E-state index in [1.54, 1.807) is 0 Å². The van der Waals surface area contributed by atoms with Crippen LogP contribution < -0.4 is 5.32 Å². The number of piperazine rings is 1. The number of hydrogen-bond acceptors (Lipinski definition) is 2. The molecule has 1 aromatic carbocycles. The lowest BCUT2D eigenvalue weighted by Gasteiger charge is -2.43. The zero-order valence-electron chi connectivity index (χ0n) is 11.7. The molecule has 0 bridgehead atoms. The highest BCUT2D eigenvalue weighted by Crippen LogP contribution is 2.42. The van der Waals surface area contributed by atoms with Crippen molar-refractivity contribution in [2.75, 3.05) is 26.2 Å². The van der Waals surface area contributed by atoms with E-state index in [0.29, 0.717) is 11.5 Å². The van der Waals surface area contributed by atoms with Crippen LogP contribution in [-0.2, 0) is 0 Å². The van der Waals surface area contributed by atoms with Crippen LogP contribution in [0.4, 0.5) is 13.2 Å². The van der Waals surface area contributed by atoms with Crippen LogP contribution in [0.5, 0.6) is 0 Å². The Morgan fingerprint density at radius 3 is 2.10 bits per heavy atom. The SMILES string of the molecule is Cl.Fc1cc([C@@H](C2CCC2)N2CCNCC2)cc(F)c1F. The molecule has 0 radical (unpaired) electrons. The van der Waals surface area contributed by atoms with Gasteiger partial charge in [-0.3, -0.25) is 4.90 Å². The molecule has 3 rings (SSSR count). The van der Waals surface area contributed by atoms with Crippen molar-refractivity contribution < 1.29 is 13.2 Å². The first-order chi connectivity index (χ1) is 9.66. The maximum absolute atomic E-state index is 13.5. The largest absolute Gasteiger partial charge is 0.314 e. The highest BCUT2D eigenvalue weighted by Gasteiger charge is 2.34. The van der Waals surface area contributed by atoms with Crippen molar-refractivity contribution in [3.63, 3.8) is 0 Å². The van der Waals surface area contributed by atoms with Crippen molar-refractivity contribution in [2.24, 2.45) is 5.92 Å². The van der Waals surface area contributed by atoms with E-state index in [1.165, 1.54) is 18.6 Å². The average molecular weight is 321 g/mol. The molecule has 1 aromatic rings. The first-order valence-corrected chi connectivity index (χ1v) is 7.26. The van der Waals surface area contributed by atoms with Crippen molar-refractivity contribution >= 4 is 12.4 Å². The first kappa shape index (κ1) is 16.6. The number of nitrogens with zero attached hydrogens (tertiary/aromatic N) is 1. The number of hydrogen-bond donors (Lipinski definition) is 1. The van der Waals surface area contributed by atoms with Crippen LogP contribution >= 0.6 is 12.4 Å². The Morgan fingerprint density at radius 2 is 1.62 bits per heavy atom. The van der Waals surface area contributed by atoms with E-state index in [-0.39, 0.29) is 18.4 Å². The molecule has 2 fully saturated rings. The van der Waals surface area contributed by atoms with Gasteiger partial charge in [-0.25, -0.2) is 13.2 Å². The standard InChI is InChI=1S/C15H19F3N2.ClH/c16-12-8-11(9-13(17)14(12)18)15(10-2-1-3-10)20-6-4-19-5-7-20;/h8-10,15,19H,1-7H2;1H/t15-;/m1./s1. The number of benzene rings is 1. The van der Waals surface area contributed by atoms with E-state index >= 15 is 0 Å². The van der Waals surface area contributed by atoms with E-state index in [1.807, 2.05) is 0 Å². The van der Waals surface area contributed by atoms with Gasteiger partial charge >= 0.3 is 0 Å². The quantitative estimate of drug-likeness (QED) is 0.860. The van der Waals surface area contributed by atoms with E-state index < -0.39 is 17.5 Å². The van der Waals surface area contributed by atoms with Crippen molar-refractivity contribution in [3.05, 3.63) is 35.1 Å². The summed E-state index contributed by atoms with van der Waals surface area (Å²) in [4.78, 5) is 2.27. The molecule has 1 aliphatic carbocycles. The summed E-state index contributed by atoms with van der Waals surface area (Å²) in [7, 11) is 0. The molecule has 0 amide bonds. The van der Waals surface area contributed by atoms with Gasteiger partial charge in [0.2, 0.25) is 0 Å². The Morgan fingerprint density at radius 1 is 1.05 bits per heavy atom. The lowest BCUT2D eigenvalue weighted by molar-refractivity contribution is 0.0831. The number of nitrogens with one attached hydrogen (secondary N) is 1. The summed E-state index contributed by atoms with van der Waals surface area (Å²) in [5.74, 6) is -3.11. The lowest BCUT2D eigenvalue weighted by atomic mass is 9.76. The van der Waals surface area contributed by atoms with Crippen LogP contribution in [-0.4, -0.2) is 31.1 Å². The Balaban J connectivity index is 0.00000161. The molecule has 1 aliphatic heterocycles. The predicted molar refractivity (Wildman–Crippen MR) is 78.1 cm³/mol. The fraction of sp³-hybridized carbons (Fsp3) is 0.600. The molecule has 1 heterocycles. The van der Waals surface area contributed by atoms with Gasteiger partial charge in [-0.05, 0) is 36.5 Å². The van der Waals surface area contributed by atoms with Crippen molar-refractivity contribution in [1.29, 1.82) is 0 Å². The van der Waals surface area contributed by atoms with Crippen LogP contribution in [0.2, 0.25) is 0 Å². The van der Waals surface area contributed by atoms with Gasteiger partial charge in [0.25, 0.3) is 0 Å². The Hall–Kier alpha value is -0.780. The third-order valence-electron chi connectivity index (χ3n) is 4.49. The molecule has 2 aliphatic rings. The van der Waals surface area contributed by atoms with Gasteiger partial charge in [-0.15, -0.1) is 12.4 Å². The molecule has 0 unspecified atom stereocenters. The van der Waals surface area contributed by atoms with E-state index in [0.717, 1.165) is 39.0 Å². The molecule has 1 atom stereocenters. The van der Waals surface area contributed by atoms with Crippen molar-refractivity contribution in [1.82, 2.24) is 10.2 Å². The summed E-state index contributed by atoms with van der Waals surface area (Å²) in [6.45, 7) is 3.49. The van der Waals surface area contributed by atoms with Gasteiger partial charge in [0.1, 0.15) is 0 Å². The highest BCUT2D eigenvalue weighted by atomic mass is 35.5. The van der Waals surface area contributed by atoms with Crippen molar-refractivity contribution in [3.8, 4) is 0 Å². The van der Waals surface area contributed by atoms with Crippen LogP contribution in [0.25, 0.3) is 0 Å². The Labute approximate surface area is 129 Å². The second-order valence-electron chi connectivity index (χ2n) is 5.72. The molecule has 2 nitrogen and oxygen atoms in total. The van der Waals surface area contributed by atoms with E-state index in [2.05, 4.69) is 10.2 Å². The molecule has 1 saturated carbocycles. The molecular formula is C15H20ClF3N2.